The van der Waals surface area contributed by atoms with Crippen molar-refractivity contribution in [2.24, 2.45) is 0 Å². The highest BCUT2D eigenvalue weighted by molar-refractivity contribution is 7.80. The Labute approximate surface area is 186 Å². The third kappa shape index (κ3) is 7.70. The molecule has 161 valence electrons. The molecule has 0 aliphatic carbocycles. The van der Waals surface area contributed by atoms with E-state index in [1.54, 1.807) is 24.3 Å². The Hall–Kier alpha value is -2.90. The first-order valence-corrected chi connectivity index (χ1v) is 12.0. The van der Waals surface area contributed by atoms with Gasteiger partial charge < -0.3 is 0 Å². The Balaban J connectivity index is 0.000000412. The highest BCUT2D eigenvalue weighted by Gasteiger charge is 2.24. The molecule has 31 heavy (non-hydrogen) atoms. The van der Waals surface area contributed by atoms with Gasteiger partial charge in [-0.1, -0.05) is 111 Å². The van der Waals surface area contributed by atoms with E-state index in [2.05, 4.69) is 32.9 Å². The molecule has 0 atom stereocenters. The lowest BCUT2D eigenvalue weighted by atomic mass is 10.1. The molecule has 0 heterocycles. The van der Waals surface area contributed by atoms with Crippen LogP contribution < -0.4 is 0 Å². The van der Waals surface area contributed by atoms with Crippen molar-refractivity contribution < 1.29 is 14.2 Å². The topological polar surface area (TPSA) is 51.2 Å². The third-order valence-electron chi connectivity index (χ3n) is 4.79. The Morgan fingerprint density at radius 3 is 1.32 bits per heavy atom. The monoisotopic (exact) mass is 433 g/mol. The predicted molar refractivity (Wildman–Crippen MR) is 128 cm³/mol. The van der Waals surface area contributed by atoms with Gasteiger partial charge in [0.05, 0.1) is 0 Å². The van der Waals surface area contributed by atoms with E-state index in [1.165, 1.54) is 5.56 Å². The molecule has 0 aliphatic rings. The maximum Gasteiger partial charge on any atom is 0.249 e. The van der Waals surface area contributed by atoms with E-state index in [0.29, 0.717) is 11.1 Å². The first-order valence-electron chi connectivity index (χ1n) is 10.7. The van der Waals surface area contributed by atoms with Crippen LogP contribution in [0.3, 0.4) is 0 Å². The van der Waals surface area contributed by atoms with Crippen molar-refractivity contribution in [1.82, 2.24) is 0 Å². The van der Waals surface area contributed by atoms with Crippen molar-refractivity contribution in [2.45, 2.75) is 46.5 Å². The fourth-order valence-corrected chi connectivity index (χ4v) is 4.02. The SMILES string of the molecule is CCCc1ccc(C(=O)[P](=O)C(=O)c2ccc(CCC)cc2)cc1.Cc1ccccc1. The summed E-state index contributed by atoms with van der Waals surface area (Å²) >= 11 is 0. The van der Waals surface area contributed by atoms with Crippen LogP contribution in [0.5, 0.6) is 0 Å². The van der Waals surface area contributed by atoms with Gasteiger partial charge in [0, 0.05) is 11.1 Å². The molecule has 3 rings (SSSR count). The molecule has 0 fully saturated rings. The number of hydrogen-bond donors (Lipinski definition) is 0. The lowest BCUT2D eigenvalue weighted by Gasteiger charge is -2.04. The summed E-state index contributed by atoms with van der Waals surface area (Å²) in [5, 5.41) is 0. The molecule has 0 saturated carbocycles. The van der Waals surface area contributed by atoms with Crippen LogP contribution in [0, 0.1) is 6.92 Å². The summed E-state index contributed by atoms with van der Waals surface area (Å²) in [6.45, 7) is 6.25. The molecule has 0 bridgehead atoms. The lowest BCUT2D eigenvalue weighted by Crippen LogP contribution is -2.02. The van der Waals surface area contributed by atoms with E-state index in [1.807, 2.05) is 42.5 Å². The second kappa shape index (κ2) is 12.7. The van der Waals surface area contributed by atoms with Crippen molar-refractivity contribution in [3.05, 3.63) is 107 Å². The largest absolute Gasteiger partial charge is 0.281 e. The van der Waals surface area contributed by atoms with Gasteiger partial charge in [-0.2, -0.15) is 0 Å². The molecular formula is C27H30O3P. The number of carbonyl (C=O) groups is 2. The molecule has 0 amide bonds. The van der Waals surface area contributed by atoms with Crippen LogP contribution in [0.1, 0.15) is 64.1 Å². The Kier molecular flexibility index (Phi) is 10.00. The average molecular weight is 434 g/mol. The summed E-state index contributed by atoms with van der Waals surface area (Å²) in [5.74, 6) is 0. The predicted octanol–water partition coefficient (Wildman–Crippen LogP) is 7.39. The normalized spacial score (nSPS) is 10.0. The summed E-state index contributed by atoms with van der Waals surface area (Å²) in [6, 6.07) is 24.3. The number of carbonyl (C=O) groups excluding carboxylic acids is 2. The number of rotatable bonds is 8. The molecule has 0 unspecified atom stereocenters. The average Bonchev–Trinajstić information content (AvgIpc) is 2.80. The summed E-state index contributed by atoms with van der Waals surface area (Å²) < 4.78 is 12.3. The fourth-order valence-electron chi connectivity index (χ4n) is 3.07. The molecular weight excluding hydrogens is 403 g/mol. The number of aryl methyl sites for hydroxylation is 3. The van der Waals surface area contributed by atoms with Crippen molar-refractivity contribution in [3.8, 4) is 0 Å². The molecule has 0 saturated heterocycles. The van der Waals surface area contributed by atoms with Crippen molar-refractivity contribution >= 4 is 18.8 Å². The summed E-state index contributed by atoms with van der Waals surface area (Å²) in [6.07, 6.45) is 3.91. The van der Waals surface area contributed by atoms with Crippen molar-refractivity contribution in [2.75, 3.05) is 0 Å². The minimum atomic E-state index is -2.62. The van der Waals surface area contributed by atoms with Gasteiger partial charge in [0.1, 0.15) is 0 Å². The van der Waals surface area contributed by atoms with Crippen LogP contribution >= 0.6 is 7.80 Å². The van der Waals surface area contributed by atoms with Crippen LogP contribution in [-0.4, -0.2) is 11.0 Å². The van der Waals surface area contributed by atoms with Crippen LogP contribution in [0.2, 0.25) is 0 Å². The van der Waals surface area contributed by atoms with E-state index in [9.17, 15) is 14.2 Å². The zero-order valence-electron chi connectivity index (χ0n) is 18.5. The Bertz CT molecular complexity index is 927. The summed E-state index contributed by atoms with van der Waals surface area (Å²) in [7, 11) is -2.62. The van der Waals surface area contributed by atoms with Gasteiger partial charge in [-0.05, 0) is 30.9 Å². The maximum atomic E-state index is 12.3. The lowest BCUT2D eigenvalue weighted by molar-refractivity contribution is 0.104. The molecule has 4 heteroatoms. The van der Waals surface area contributed by atoms with E-state index in [0.717, 1.165) is 36.8 Å². The van der Waals surface area contributed by atoms with Crippen molar-refractivity contribution in [1.29, 1.82) is 0 Å². The third-order valence-corrected chi connectivity index (χ3v) is 6.04. The van der Waals surface area contributed by atoms with E-state index in [4.69, 9.17) is 0 Å². The second-order valence-electron chi connectivity index (χ2n) is 7.45. The summed E-state index contributed by atoms with van der Waals surface area (Å²) in [4.78, 5) is 24.6. The second-order valence-corrected chi connectivity index (χ2v) is 8.85. The van der Waals surface area contributed by atoms with E-state index < -0.39 is 18.8 Å². The molecule has 1 radical (unpaired) electrons. The smallest absolute Gasteiger partial charge is 0.249 e. The van der Waals surface area contributed by atoms with Gasteiger partial charge >= 0.3 is 0 Å². The summed E-state index contributed by atoms with van der Waals surface area (Å²) in [5.41, 5.74) is 3.02. The fraction of sp³-hybridized carbons (Fsp3) is 0.259. The van der Waals surface area contributed by atoms with Gasteiger partial charge in [-0.25, -0.2) is 0 Å². The maximum absolute atomic E-state index is 12.3. The molecule has 0 N–H and O–H groups in total. The molecule has 3 aromatic rings. The Morgan fingerprint density at radius 1 is 0.645 bits per heavy atom. The standard InChI is InChI=1S/C20H22O3P.C7H8/c1-3-5-15-7-11-17(12-8-15)19(21)24(23)20(22)18-13-9-16(6-4-2)10-14-18;1-7-5-3-2-4-6-7/h7-14H,3-6H2,1-2H3;2-6H,1H3. The van der Waals surface area contributed by atoms with Gasteiger partial charge in [0.2, 0.25) is 18.8 Å². The zero-order chi connectivity index (χ0) is 22.6. The van der Waals surface area contributed by atoms with Crippen LogP contribution in [-0.2, 0) is 17.4 Å². The molecule has 3 nitrogen and oxygen atoms in total. The first kappa shape index (κ1) is 24.4. The molecule has 0 spiro atoms. The molecule has 3 aromatic carbocycles. The highest BCUT2D eigenvalue weighted by Crippen LogP contribution is 2.31. The van der Waals surface area contributed by atoms with Crippen molar-refractivity contribution in [3.63, 3.8) is 0 Å². The van der Waals surface area contributed by atoms with E-state index >= 15 is 0 Å². The van der Waals surface area contributed by atoms with Gasteiger partial charge in [-0.15, -0.1) is 0 Å². The minimum Gasteiger partial charge on any atom is -0.281 e. The highest BCUT2D eigenvalue weighted by atomic mass is 31.1. The van der Waals surface area contributed by atoms with Crippen LogP contribution in [0.15, 0.2) is 78.9 Å². The number of benzene rings is 3. The minimum absolute atomic E-state index is 0.326. The van der Waals surface area contributed by atoms with Gasteiger partial charge in [-0.3, -0.25) is 14.2 Å². The first-order chi connectivity index (χ1) is 15.0. The number of hydrogen-bond acceptors (Lipinski definition) is 3. The van der Waals surface area contributed by atoms with E-state index in [-0.39, 0.29) is 0 Å². The van der Waals surface area contributed by atoms with Crippen LogP contribution in [0.25, 0.3) is 0 Å². The molecule has 0 aliphatic heterocycles. The van der Waals surface area contributed by atoms with Crippen LogP contribution in [0.4, 0.5) is 0 Å². The van der Waals surface area contributed by atoms with Gasteiger partial charge in [0.25, 0.3) is 0 Å². The molecule has 0 aromatic heterocycles. The quantitative estimate of drug-likeness (QED) is 0.348. The Morgan fingerprint density at radius 2 is 1.03 bits per heavy atom. The zero-order valence-corrected chi connectivity index (χ0v) is 19.4. The van der Waals surface area contributed by atoms with Gasteiger partial charge in [0.15, 0.2) is 0 Å².